The molecule has 1 amide bonds. The summed E-state index contributed by atoms with van der Waals surface area (Å²) in [7, 11) is 0. The summed E-state index contributed by atoms with van der Waals surface area (Å²) in [6.45, 7) is 0. The fraction of sp³-hybridized carbons (Fsp3) is 0.0667. The minimum absolute atomic E-state index is 0.0158. The van der Waals surface area contributed by atoms with Gasteiger partial charge in [0.05, 0.1) is 17.0 Å². The molecule has 0 atom stereocenters. The Labute approximate surface area is 124 Å². The molecule has 0 aliphatic heterocycles. The molecule has 5 heteroatoms. The van der Waals surface area contributed by atoms with Crippen LogP contribution in [0.2, 0.25) is 0 Å². The van der Waals surface area contributed by atoms with Gasteiger partial charge in [-0.15, -0.1) is 0 Å². The van der Waals surface area contributed by atoms with Gasteiger partial charge in [-0.3, -0.25) is 4.79 Å². The van der Waals surface area contributed by atoms with Crippen molar-refractivity contribution in [3.8, 4) is 11.8 Å². The second-order valence-electron chi connectivity index (χ2n) is 4.15. The highest BCUT2D eigenvalue weighted by Crippen LogP contribution is 2.24. The third-order valence-electron chi connectivity index (χ3n) is 2.70. The summed E-state index contributed by atoms with van der Waals surface area (Å²) in [6.07, 6.45) is 0.342. The number of phenols is 1. The molecule has 2 rings (SSSR count). The van der Waals surface area contributed by atoms with Crippen LogP contribution in [0.25, 0.3) is 0 Å². The van der Waals surface area contributed by atoms with E-state index >= 15 is 0 Å². The van der Waals surface area contributed by atoms with E-state index in [1.807, 2.05) is 0 Å². The van der Waals surface area contributed by atoms with Gasteiger partial charge in [-0.05, 0) is 51.8 Å². The van der Waals surface area contributed by atoms with Crippen LogP contribution in [0.1, 0.15) is 15.9 Å². The first-order valence-electron chi connectivity index (χ1n) is 5.86. The first-order chi connectivity index (χ1) is 9.60. The van der Waals surface area contributed by atoms with Gasteiger partial charge in [-0.2, -0.15) is 5.26 Å². The number of nitrogens with one attached hydrogen (secondary N) is 1. The van der Waals surface area contributed by atoms with Crippen LogP contribution >= 0.6 is 15.9 Å². The van der Waals surface area contributed by atoms with Gasteiger partial charge in [0, 0.05) is 11.3 Å². The third kappa shape index (κ3) is 3.37. The Morgan fingerprint density at radius 2 is 1.95 bits per heavy atom. The number of aromatic hydroxyl groups is 1. The van der Waals surface area contributed by atoms with Crippen molar-refractivity contribution >= 4 is 27.5 Å². The van der Waals surface area contributed by atoms with E-state index in [2.05, 4.69) is 27.3 Å². The van der Waals surface area contributed by atoms with Crippen molar-refractivity contribution in [3.63, 3.8) is 0 Å². The zero-order valence-corrected chi connectivity index (χ0v) is 12.0. The molecule has 0 saturated carbocycles. The quantitative estimate of drug-likeness (QED) is 0.904. The number of carbonyl (C=O) groups is 1. The smallest absolute Gasteiger partial charge is 0.255 e. The molecule has 0 bridgehead atoms. The Kier molecular flexibility index (Phi) is 4.38. The summed E-state index contributed by atoms with van der Waals surface area (Å²) in [5.41, 5.74) is 1.90. The lowest BCUT2D eigenvalue weighted by molar-refractivity contribution is 0.102. The number of hydrogen-bond donors (Lipinski definition) is 2. The minimum atomic E-state index is -0.305. The number of benzene rings is 2. The van der Waals surface area contributed by atoms with E-state index in [-0.39, 0.29) is 11.7 Å². The number of carbonyl (C=O) groups excluding carboxylic acids is 1. The molecule has 100 valence electrons. The average molecular weight is 331 g/mol. The molecule has 4 nitrogen and oxygen atoms in total. The molecule has 0 saturated heterocycles. The van der Waals surface area contributed by atoms with E-state index in [1.165, 1.54) is 6.07 Å². The van der Waals surface area contributed by atoms with Crippen LogP contribution < -0.4 is 5.32 Å². The second-order valence-corrected chi connectivity index (χ2v) is 5.01. The number of rotatable bonds is 3. The summed E-state index contributed by atoms with van der Waals surface area (Å²) < 4.78 is 0.537. The van der Waals surface area contributed by atoms with E-state index < -0.39 is 0 Å². The zero-order valence-electron chi connectivity index (χ0n) is 10.4. The molecule has 2 aromatic rings. The Morgan fingerprint density at radius 3 is 2.55 bits per heavy atom. The highest BCUT2D eigenvalue weighted by Gasteiger charge is 2.08. The van der Waals surface area contributed by atoms with Gasteiger partial charge in [-0.25, -0.2) is 0 Å². The van der Waals surface area contributed by atoms with Gasteiger partial charge in [0.2, 0.25) is 0 Å². The van der Waals surface area contributed by atoms with Crippen molar-refractivity contribution in [2.45, 2.75) is 6.42 Å². The molecule has 2 N–H and O–H groups in total. The summed E-state index contributed by atoms with van der Waals surface area (Å²) in [5.74, 6) is -0.289. The van der Waals surface area contributed by atoms with Crippen LogP contribution in [-0.2, 0) is 6.42 Å². The SMILES string of the molecule is N#CCc1ccc(NC(=O)c2ccc(Br)c(O)c2)cc1. The molecule has 0 aromatic heterocycles. The summed E-state index contributed by atoms with van der Waals surface area (Å²) in [4.78, 5) is 12.0. The van der Waals surface area contributed by atoms with Crippen LogP contribution in [0.5, 0.6) is 5.75 Å². The maximum atomic E-state index is 12.0. The van der Waals surface area contributed by atoms with Gasteiger partial charge in [0.1, 0.15) is 5.75 Å². The largest absolute Gasteiger partial charge is 0.507 e. The fourth-order valence-electron chi connectivity index (χ4n) is 1.65. The number of hydrogen-bond acceptors (Lipinski definition) is 3. The molecule has 0 unspecified atom stereocenters. The van der Waals surface area contributed by atoms with Gasteiger partial charge >= 0.3 is 0 Å². The lowest BCUT2D eigenvalue weighted by Gasteiger charge is -2.06. The van der Waals surface area contributed by atoms with Crippen molar-refractivity contribution < 1.29 is 9.90 Å². The van der Waals surface area contributed by atoms with E-state index in [4.69, 9.17) is 5.26 Å². The molecule has 20 heavy (non-hydrogen) atoms. The predicted molar refractivity (Wildman–Crippen MR) is 79.5 cm³/mol. The van der Waals surface area contributed by atoms with Crippen molar-refractivity contribution in [2.24, 2.45) is 0 Å². The lowest BCUT2D eigenvalue weighted by atomic mass is 10.1. The molecule has 0 aliphatic rings. The van der Waals surface area contributed by atoms with Crippen LogP contribution in [0.4, 0.5) is 5.69 Å². The van der Waals surface area contributed by atoms with Gasteiger partial charge in [0.15, 0.2) is 0 Å². The highest BCUT2D eigenvalue weighted by molar-refractivity contribution is 9.10. The molecule has 0 fully saturated rings. The van der Waals surface area contributed by atoms with Crippen molar-refractivity contribution in [1.82, 2.24) is 0 Å². The topological polar surface area (TPSA) is 73.1 Å². The molecule has 0 aliphatic carbocycles. The Morgan fingerprint density at radius 1 is 1.25 bits per heavy atom. The predicted octanol–water partition coefficient (Wildman–Crippen LogP) is 3.47. The first kappa shape index (κ1) is 14.1. The van der Waals surface area contributed by atoms with Crippen LogP contribution in [0.3, 0.4) is 0 Å². The third-order valence-corrected chi connectivity index (χ3v) is 3.37. The molecule has 0 spiro atoms. The van der Waals surface area contributed by atoms with E-state index in [9.17, 15) is 9.90 Å². The maximum absolute atomic E-state index is 12.0. The molecule has 0 heterocycles. The van der Waals surface area contributed by atoms with Gasteiger partial charge < -0.3 is 10.4 Å². The first-order valence-corrected chi connectivity index (χ1v) is 6.65. The normalized spacial score (nSPS) is 9.80. The Hall–Kier alpha value is -2.32. The van der Waals surface area contributed by atoms with E-state index in [1.54, 1.807) is 36.4 Å². The molecule has 2 aromatic carbocycles. The minimum Gasteiger partial charge on any atom is -0.507 e. The van der Waals surface area contributed by atoms with Gasteiger partial charge in [-0.1, -0.05) is 12.1 Å². The number of anilines is 1. The molecular formula is C15H11BrN2O2. The average Bonchev–Trinajstić information content (AvgIpc) is 2.44. The molecule has 0 radical (unpaired) electrons. The number of halogens is 1. The highest BCUT2D eigenvalue weighted by atomic mass is 79.9. The summed E-state index contributed by atoms with van der Waals surface area (Å²) in [6, 6.07) is 13.7. The monoisotopic (exact) mass is 330 g/mol. The summed E-state index contributed by atoms with van der Waals surface area (Å²) in [5, 5.41) is 20.9. The second kappa shape index (κ2) is 6.22. The van der Waals surface area contributed by atoms with Crippen LogP contribution in [0, 0.1) is 11.3 Å². The maximum Gasteiger partial charge on any atom is 0.255 e. The molecular weight excluding hydrogens is 320 g/mol. The van der Waals surface area contributed by atoms with Crippen LogP contribution in [0.15, 0.2) is 46.9 Å². The standard InChI is InChI=1S/C15H11BrN2O2/c16-13-6-3-11(9-14(13)19)15(20)18-12-4-1-10(2-5-12)7-8-17/h1-6,9,19H,7H2,(H,18,20). The van der Waals surface area contributed by atoms with Crippen LogP contribution in [-0.4, -0.2) is 11.0 Å². The van der Waals surface area contributed by atoms with Gasteiger partial charge in [0.25, 0.3) is 5.91 Å². The number of nitrogens with zero attached hydrogens (tertiary/aromatic N) is 1. The number of phenolic OH excluding ortho intramolecular Hbond substituents is 1. The zero-order chi connectivity index (χ0) is 14.5. The van der Waals surface area contributed by atoms with E-state index in [0.717, 1.165) is 5.56 Å². The van der Waals surface area contributed by atoms with Crippen molar-refractivity contribution in [1.29, 1.82) is 5.26 Å². The lowest BCUT2D eigenvalue weighted by Crippen LogP contribution is -2.11. The van der Waals surface area contributed by atoms with E-state index in [0.29, 0.717) is 22.1 Å². The van der Waals surface area contributed by atoms with Crippen molar-refractivity contribution in [2.75, 3.05) is 5.32 Å². The fourth-order valence-corrected chi connectivity index (χ4v) is 1.90. The number of amides is 1. The Balaban J connectivity index is 2.11. The number of nitriles is 1. The van der Waals surface area contributed by atoms with Crippen molar-refractivity contribution in [3.05, 3.63) is 58.1 Å². The Bertz CT molecular complexity index is 675. The summed E-state index contributed by atoms with van der Waals surface area (Å²) >= 11 is 3.16.